The first-order chi connectivity index (χ1) is 6.88. The van der Waals surface area contributed by atoms with E-state index in [4.69, 9.17) is 0 Å². The Morgan fingerprint density at radius 2 is 1.50 bits per heavy atom. The maximum absolute atomic E-state index is 3.56. The van der Waals surface area contributed by atoms with Gasteiger partial charge in [-0.1, -0.05) is 18.6 Å². The van der Waals surface area contributed by atoms with Gasteiger partial charge < -0.3 is 10.6 Å². The van der Waals surface area contributed by atoms with E-state index < -0.39 is 0 Å². The van der Waals surface area contributed by atoms with Gasteiger partial charge in [-0.05, 0) is 25.0 Å². The molecule has 0 radical (unpaired) electrons. The average molecular weight is 188 g/mol. The molecule has 0 atom stereocenters. The van der Waals surface area contributed by atoms with Crippen LogP contribution in [0.4, 0.5) is 11.4 Å². The Morgan fingerprint density at radius 3 is 1.93 bits per heavy atom. The average Bonchev–Trinajstić information content (AvgIpc) is 2.36. The lowest BCUT2D eigenvalue weighted by Gasteiger charge is -2.41. The Hall–Kier alpha value is -1.18. The predicted molar refractivity (Wildman–Crippen MR) is 59.7 cm³/mol. The Labute approximate surface area is 84.7 Å². The van der Waals surface area contributed by atoms with Crippen LogP contribution in [0, 0.1) is 5.41 Å². The van der Waals surface area contributed by atoms with Crippen molar-refractivity contribution < 1.29 is 0 Å². The number of anilines is 2. The molecule has 1 aromatic carbocycles. The van der Waals surface area contributed by atoms with E-state index in [-0.39, 0.29) is 0 Å². The first kappa shape index (κ1) is 8.16. The smallest absolute Gasteiger partial charge is 0.0576 e. The molecule has 2 nitrogen and oxygen atoms in total. The van der Waals surface area contributed by atoms with Crippen molar-refractivity contribution in [2.24, 2.45) is 5.41 Å². The topological polar surface area (TPSA) is 24.1 Å². The molecule has 1 heterocycles. The van der Waals surface area contributed by atoms with Crippen LogP contribution in [0.2, 0.25) is 0 Å². The molecule has 2 heteroatoms. The Balaban J connectivity index is 1.86. The SMILES string of the molecule is c1ccc2c(c1)NCC1(CCC1)CN2. The van der Waals surface area contributed by atoms with E-state index in [0.29, 0.717) is 5.41 Å². The largest absolute Gasteiger partial charge is 0.383 e. The molecule has 1 saturated carbocycles. The lowest BCUT2D eigenvalue weighted by atomic mass is 9.69. The predicted octanol–water partition coefficient (Wildman–Crippen LogP) is 2.69. The zero-order valence-electron chi connectivity index (χ0n) is 8.34. The summed E-state index contributed by atoms with van der Waals surface area (Å²) >= 11 is 0. The van der Waals surface area contributed by atoms with Crippen molar-refractivity contribution in [2.75, 3.05) is 23.7 Å². The molecule has 0 bridgehead atoms. The molecule has 0 amide bonds. The van der Waals surface area contributed by atoms with Crippen molar-refractivity contribution in [1.29, 1.82) is 0 Å². The van der Waals surface area contributed by atoms with E-state index in [2.05, 4.69) is 34.9 Å². The third-order valence-electron chi connectivity index (χ3n) is 3.65. The Kier molecular flexibility index (Phi) is 1.69. The third-order valence-corrected chi connectivity index (χ3v) is 3.65. The van der Waals surface area contributed by atoms with E-state index in [1.165, 1.54) is 30.6 Å². The van der Waals surface area contributed by atoms with Crippen LogP contribution in [0.1, 0.15) is 19.3 Å². The highest BCUT2D eigenvalue weighted by Crippen LogP contribution is 2.43. The molecule has 2 aliphatic rings. The van der Waals surface area contributed by atoms with Crippen molar-refractivity contribution in [3.63, 3.8) is 0 Å². The number of nitrogens with one attached hydrogen (secondary N) is 2. The van der Waals surface area contributed by atoms with Gasteiger partial charge in [-0.15, -0.1) is 0 Å². The van der Waals surface area contributed by atoms with Gasteiger partial charge in [0, 0.05) is 18.5 Å². The zero-order valence-corrected chi connectivity index (χ0v) is 8.34. The van der Waals surface area contributed by atoms with Crippen LogP contribution < -0.4 is 10.6 Å². The zero-order chi connectivity index (χ0) is 9.43. The molecular weight excluding hydrogens is 172 g/mol. The Morgan fingerprint density at radius 1 is 0.929 bits per heavy atom. The van der Waals surface area contributed by atoms with Gasteiger partial charge in [0.05, 0.1) is 11.4 Å². The van der Waals surface area contributed by atoms with Crippen LogP contribution in [0.3, 0.4) is 0 Å². The van der Waals surface area contributed by atoms with E-state index >= 15 is 0 Å². The summed E-state index contributed by atoms with van der Waals surface area (Å²) in [5, 5.41) is 7.11. The van der Waals surface area contributed by atoms with Gasteiger partial charge in [0.2, 0.25) is 0 Å². The van der Waals surface area contributed by atoms with Crippen LogP contribution in [0.25, 0.3) is 0 Å². The normalized spacial score (nSPS) is 22.6. The fraction of sp³-hybridized carbons (Fsp3) is 0.500. The molecule has 74 valence electrons. The number of fused-ring (bicyclic) bond motifs is 1. The van der Waals surface area contributed by atoms with Gasteiger partial charge in [0.25, 0.3) is 0 Å². The van der Waals surface area contributed by atoms with Crippen molar-refractivity contribution >= 4 is 11.4 Å². The molecule has 1 aromatic rings. The van der Waals surface area contributed by atoms with E-state index in [0.717, 1.165) is 13.1 Å². The van der Waals surface area contributed by atoms with E-state index in [9.17, 15) is 0 Å². The molecule has 3 rings (SSSR count). The number of rotatable bonds is 0. The number of hydrogen-bond acceptors (Lipinski definition) is 2. The van der Waals surface area contributed by atoms with Gasteiger partial charge in [-0.25, -0.2) is 0 Å². The van der Waals surface area contributed by atoms with Gasteiger partial charge in [0.15, 0.2) is 0 Å². The van der Waals surface area contributed by atoms with Gasteiger partial charge >= 0.3 is 0 Å². The fourth-order valence-electron chi connectivity index (χ4n) is 2.45. The molecule has 1 aliphatic carbocycles. The summed E-state index contributed by atoms with van der Waals surface area (Å²) in [5.74, 6) is 0. The second-order valence-electron chi connectivity index (χ2n) is 4.61. The van der Waals surface area contributed by atoms with Crippen molar-refractivity contribution in [3.05, 3.63) is 24.3 Å². The molecule has 1 aliphatic heterocycles. The Bertz CT molecular complexity index is 313. The molecule has 14 heavy (non-hydrogen) atoms. The summed E-state index contributed by atoms with van der Waals surface area (Å²) in [6, 6.07) is 8.48. The van der Waals surface area contributed by atoms with Crippen molar-refractivity contribution in [3.8, 4) is 0 Å². The summed E-state index contributed by atoms with van der Waals surface area (Å²) in [4.78, 5) is 0. The maximum Gasteiger partial charge on any atom is 0.0576 e. The second kappa shape index (κ2) is 2.91. The van der Waals surface area contributed by atoms with Crippen molar-refractivity contribution in [1.82, 2.24) is 0 Å². The molecular formula is C12H16N2. The fourth-order valence-corrected chi connectivity index (χ4v) is 2.45. The van der Waals surface area contributed by atoms with E-state index in [1.54, 1.807) is 0 Å². The highest BCUT2D eigenvalue weighted by molar-refractivity contribution is 5.69. The standard InChI is InChI=1S/C12H16N2/c1-2-5-11-10(4-1)13-8-12(9-14-11)6-3-7-12/h1-2,4-5,13-14H,3,6-9H2. The van der Waals surface area contributed by atoms with Gasteiger partial charge in [-0.3, -0.25) is 0 Å². The minimum absolute atomic E-state index is 0.541. The number of benzene rings is 1. The highest BCUT2D eigenvalue weighted by Gasteiger charge is 2.37. The van der Waals surface area contributed by atoms with Crippen LogP contribution >= 0.6 is 0 Å². The van der Waals surface area contributed by atoms with Gasteiger partial charge in [-0.2, -0.15) is 0 Å². The molecule has 1 spiro atoms. The number of para-hydroxylation sites is 2. The molecule has 2 N–H and O–H groups in total. The summed E-state index contributed by atoms with van der Waals surface area (Å²) in [6.07, 6.45) is 4.15. The third kappa shape index (κ3) is 1.17. The molecule has 0 saturated heterocycles. The highest BCUT2D eigenvalue weighted by atomic mass is 15.0. The first-order valence-corrected chi connectivity index (χ1v) is 5.45. The summed E-state index contributed by atoms with van der Waals surface area (Å²) < 4.78 is 0. The van der Waals surface area contributed by atoms with Crippen LogP contribution in [0.5, 0.6) is 0 Å². The number of hydrogen-bond donors (Lipinski definition) is 2. The molecule has 0 unspecified atom stereocenters. The second-order valence-corrected chi connectivity index (χ2v) is 4.61. The minimum Gasteiger partial charge on any atom is -0.383 e. The van der Waals surface area contributed by atoms with Crippen LogP contribution in [-0.4, -0.2) is 13.1 Å². The summed E-state index contributed by atoms with van der Waals surface area (Å²) in [6.45, 7) is 2.27. The monoisotopic (exact) mass is 188 g/mol. The van der Waals surface area contributed by atoms with Crippen LogP contribution in [-0.2, 0) is 0 Å². The lowest BCUT2D eigenvalue weighted by molar-refractivity contribution is 0.171. The molecule has 0 aromatic heterocycles. The quantitative estimate of drug-likeness (QED) is 0.654. The molecule has 1 fully saturated rings. The summed E-state index contributed by atoms with van der Waals surface area (Å²) in [7, 11) is 0. The maximum atomic E-state index is 3.56. The summed E-state index contributed by atoms with van der Waals surface area (Å²) in [5.41, 5.74) is 3.06. The first-order valence-electron chi connectivity index (χ1n) is 5.45. The lowest BCUT2D eigenvalue weighted by Crippen LogP contribution is -2.40. The van der Waals surface area contributed by atoms with Crippen LogP contribution in [0.15, 0.2) is 24.3 Å². The van der Waals surface area contributed by atoms with Gasteiger partial charge in [0.1, 0.15) is 0 Å². The van der Waals surface area contributed by atoms with Crippen molar-refractivity contribution in [2.45, 2.75) is 19.3 Å². The van der Waals surface area contributed by atoms with E-state index in [1.807, 2.05) is 0 Å². The minimum atomic E-state index is 0.541.